The van der Waals surface area contributed by atoms with Gasteiger partial charge in [-0.15, -0.1) is 0 Å². The molecule has 0 aromatic heterocycles. The molecule has 6 nitrogen and oxygen atoms in total. The molecule has 2 fully saturated rings. The van der Waals surface area contributed by atoms with Crippen LogP contribution < -0.4 is 15.1 Å². The van der Waals surface area contributed by atoms with Gasteiger partial charge in [0.25, 0.3) is 11.8 Å². The van der Waals surface area contributed by atoms with Gasteiger partial charge >= 0.3 is 0 Å². The van der Waals surface area contributed by atoms with Crippen molar-refractivity contribution < 1.29 is 19.4 Å². The number of quaternary nitrogens is 2. The summed E-state index contributed by atoms with van der Waals surface area (Å²) in [4.78, 5) is 29.9. The predicted octanol–water partition coefficient (Wildman–Crippen LogP) is -0.470. The van der Waals surface area contributed by atoms with Gasteiger partial charge in [-0.2, -0.15) is 0 Å². The van der Waals surface area contributed by atoms with Crippen molar-refractivity contribution in [2.75, 3.05) is 57.7 Å². The number of nitrogens with zero attached hydrogens (tertiary/aromatic N) is 1. The Morgan fingerprint density at radius 1 is 1.00 bits per heavy atom. The molecule has 2 aliphatic heterocycles. The molecule has 1 aromatic carbocycles. The fraction of sp³-hybridized carbons (Fsp3) is 0.652. The van der Waals surface area contributed by atoms with Crippen molar-refractivity contribution in [2.45, 2.75) is 34.1 Å². The summed E-state index contributed by atoms with van der Waals surface area (Å²) in [5, 5.41) is 3.08. The maximum absolute atomic E-state index is 12.7. The summed E-state index contributed by atoms with van der Waals surface area (Å²) in [5.74, 6) is 1.75. The number of amides is 2. The second kappa shape index (κ2) is 9.72. The zero-order valence-electron chi connectivity index (χ0n) is 18.5. The van der Waals surface area contributed by atoms with E-state index in [1.807, 2.05) is 36.9 Å². The first-order chi connectivity index (χ1) is 13.8. The van der Waals surface area contributed by atoms with Gasteiger partial charge < -0.3 is 20.0 Å². The number of rotatable bonds is 5. The van der Waals surface area contributed by atoms with E-state index in [-0.39, 0.29) is 11.8 Å². The van der Waals surface area contributed by atoms with Crippen LogP contribution in [0.5, 0.6) is 0 Å². The molecule has 3 N–H and O–H groups in total. The van der Waals surface area contributed by atoms with Crippen LogP contribution in [0.3, 0.4) is 0 Å². The summed E-state index contributed by atoms with van der Waals surface area (Å²) in [5.41, 5.74) is 3.11. The molecule has 0 saturated carbocycles. The number of nitrogens with one attached hydrogen (secondary N) is 3. The number of piperazine rings is 1. The summed E-state index contributed by atoms with van der Waals surface area (Å²) in [6.45, 7) is 15.1. The maximum atomic E-state index is 12.7. The minimum absolute atomic E-state index is 0.0536. The minimum atomic E-state index is 0.0536. The highest BCUT2D eigenvalue weighted by Crippen LogP contribution is 2.18. The third-order valence-electron chi connectivity index (χ3n) is 6.46. The van der Waals surface area contributed by atoms with Crippen molar-refractivity contribution in [3.63, 3.8) is 0 Å². The van der Waals surface area contributed by atoms with Gasteiger partial charge in [-0.05, 0) is 31.4 Å². The van der Waals surface area contributed by atoms with Gasteiger partial charge in [0.15, 0.2) is 13.1 Å². The Morgan fingerprint density at radius 2 is 1.59 bits per heavy atom. The summed E-state index contributed by atoms with van der Waals surface area (Å²) >= 11 is 0. The number of anilines is 1. The number of benzene rings is 1. The average Bonchev–Trinajstić information content (AvgIpc) is 2.64. The van der Waals surface area contributed by atoms with Crippen LogP contribution in [-0.2, 0) is 9.59 Å². The topological polar surface area (TPSA) is 58.3 Å². The molecule has 2 heterocycles. The number of para-hydroxylation sites is 1. The molecular formula is C23H38N4O2+2. The lowest BCUT2D eigenvalue weighted by atomic mass is 9.92. The van der Waals surface area contributed by atoms with Crippen molar-refractivity contribution in [1.82, 2.24) is 4.90 Å². The Labute approximate surface area is 175 Å². The molecular weight excluding hydrogens is 364 g/mol. The second-order valence-electron chi connectivity index (χ2n) is 9.40. The third kappa shape index (κ3) is 6.03. The zero-order valence-corrected chi connectivity index (χ0v) is 18.5. The van der Waals surface area contributed by atoms with Gasteiger partial charge in [0.1, 0.15) is 0 Å². The Balaban J connectivity index is 1.43. The van der Waals surface area contributed by atoms with Crippen LogP contribution in [0, 0.1) is 25.7 Å². The summed E-state index contributed by atoms with van der Waals surface area (Å²) in [6, 6.07) is 6.05. The first-order valence-electron chi connectivity index (χ1n) is 11.1. The number of hydrogen-bond acceptors (Lipinski definition) is 2. The van der Waals surface area contributed by atoms with Crippen LogP contribution in [0.1, 0.15) is 31.4 Å². The monoisotopic (exact) mass is 402 g/mol. The fourth-order valence-corrected chi connectivity index (χ4v) is 5.06. The van der Waals surface area contributed by atoms with Gasteiger partial charge in [-0.25, -0.2) is 0 Å². The molecule has 1 aromatic rings. The van der Waals surface area contributed by atoms with E-state index < -0.39 is 0 Å². The van der Waals surface area contributed by atoms with E-state index in [0.29, 0.717) is 24.9 Å². The predicted molar refractivity (Wildman–Crippen MR) is 115 cm³/mol. The van der Waals surface area contributed by atoms with Crippen LogP contribution in [0.15, 0.2) is 18.2 Å². The first kappa shape index (κ1) is 21.8. The number of carbonyl (C=O) groups excluding carboxylic acids is 2. The van der Waals surface area contributed by atoms with Gasteiger partial charge in [0.05, 0.1) is 39.3 Å². The fourth-order valence-electron chi connectivity index (χ4n) is 5.06. The van der Waals surface area contributed by atoms with E-state index in [4.69, 9.17) is 0 Å². The maximum Gasteiger partial charge on any atom is 0.279 e. The Morgan fingerprint density at radius 3 is 2.17 bits per heavy atom. The molecule has 0 unspecified atom stereocenters. The zero-order chi connectivity index (χ0) is 21.0. The molecule has 2 atom stereocenters. The SMILES string of the molecule is Cc1cccc(C)c1NC(=O)C[NH+]1CCN(C(=O)C[NH+]2C[C@H](C)C[C@@H](C)C2)CC1. The summed E-state index contributed by atoms with van der Waals surface area (Å²) < 4.78 is 0. The number of hydrogen-bond donors (Lipinski definition) is 3. The van der Waals surface area contributed by atoms with E-state index in [1.165, 1.54) is 16.2 Å². The molecule has 0 spiro atoms. The summed E-state index contributed by atoms with van der Waals surface area (Å²) in [7, 11) is 0. The van der Waals surface area contributed by atoms with Crippen molar-refractivity contribution in [1.29, 1.82) is 0 Å². The average molecular weight is 403 g/mol. The normalized spacial score (nSPS) is 25.7. The molecule has 29 heavy (non-hydrogen) atoms. The van der Waals surface area contributed by atoms with Gasteiger partial charge in [0, 0.05) is 17.5 Å². The van der Waals surface area contributed by atoms with Crippen LogP contribution in [0.4, 0.5) is 5.69 Å². The van der Waals surface area contributed by atoms with Crippen molar-refractivity contribution in [3.8, 4) is 0 Å². The Bertz CT molecular complexity index is 697. The van der Waals surface area contributed by atoms with Crippen LogP contribution in [-0.4, -0.2) is 69.1 Å². The quantitative estimate of drug-likeness (QED) is 0.624. The highest BCUT2D eigenvalue weighted by Gasteiger charge is 2.31. The highest BCUT2D eigenvalue weighted by molar-refractivity contribution is 5.93. The largest absolute Gasteiger partial charge is 0.327 e. The first-order valence-corrected chi connectivity index (χ1v) is 11.1. The van der Waals surface area contributed by atoms with Crippen molar-refractivity contribution in [2.24, 2.45) is 11.8 Å². The Hall–Kier alpha value is -1.92. The van der Waals surface area contributed by atoms with E-state index in [0.717, 1.165) is 56.1 Å². The number of carbonyl (C=O) groups is 2. The van der Waals surface area contributed by atoms with E-state index in [2.05, 4.69) is 19.2 Å². The molecule has 160 valence electrons. The smallest absolute Gasteiger partial charge is 0.279 e. The van der Waals surface area contributed by atoms with Gasteiger partial charge in [-0.3, -0.25) is 9.59 Å². The van der Waals surface area contributed by atoms with Crippen molar-refractivity contribution >= 4 is 17.5 Å². The lowest BCUT2D eigenvalue weighted by Gasteiger charge is -2.35. The standard InChI is InChI=1S/C23H36N4O2/c1-17-12-18(2)14-26(13-17)16-22(29)27-10-8-25(9-11-27)15-21(28)24-23-19(3)6-5-7-20(23)4/h5-7,17-18H,8-16H2,1-4H3,(H,24,28)/p+2/t17-,18-/m1/s1. The second-order valence-corrected chi connectivity index (χ2v) is 9.40. The molecule has 2 amide bonds. The number of aryl methyl sites for hydroxylation is 2. The molecule has 2 saturated heterocycles. The lowest BCUT2D eigenvalue weighted by molar-refractivity contribution is -0.905. The molecule has 6 heteroatoms. The van der Waals surface area contributed by atoms with E-state index >= 15 is 0 Å². The summed E-state index contributed by atoms with van der Waals surface area (Å²) in [6.07, 6.45) is 1.28. The van der Waals surface area contributed by atoms with Crippen molar-refractivity contribution in [3.05, 3.63) is 29.3 Å². The Kier molecular flexibility index (Phi) is 7.30. The van der Waals surface area contributed by atoms with E-state index in [1.54, 1.807) is 0 Å². The van der Waals surface area contributed by atoms with Gasteiger partial charge in [-0.1, -0.05) is 32.0 Å². The van der Waals surface area contributed by atoms with E-state index in [9.17, 15) is 9.59 Å². The molecule has 2 aliphatic rings. The molecule has 0 radical (unpaired) electrons. The van der Waals surface area contributed by atoms with Crippen LogP contribution in [0.25, 0.3) is 0 Å². The molecule has 3 rings (SSSR count). The molecule has 0 aliphatic carbocycles. The number of likely N-dealkylation sites (tertiary alicyclic amines) is 1. The highest BCUT2D eigenvalue weighted by atomic mass is 16.2. The number of piperidine rings is 1. The third-order valence-corrected chi connectivity index (χ3v) is 6.46. The lowest BCUT2D eigenvalue weighted by Crippen LogP contribution is -3.17. The minimum Gasteiger partial charge on any atom is -0.327 e. The van der Waals surface area contributed by atoms with Gasteiger partial charge in [0.2, 0.25) is 0 Å². The van der Waals surface area contributed by atoms with Crippen LogP contribution in [0.2, 0.25) is 0 Å². The molecule has 0 bridgehead atoms. The van der Waals surface area contributed by atoms with Crippen LogP contribution >= 0.6 is 0 Å².